The molecule has 0 aliphatic carbocycles. The Kier molecular flexibility index (Phi) is 4.92. The first-order valence-corrected chi connectivity index (χ1v) is 7.31. The zero-order chi connectivity index (χ0) is 15.4. The molecule has 0 unspecified atom stereocenters. The monoisotopic (exact) mass is 306 g/mol. The summed E-state index contributed by atoms with van der Waals surface area (Å²) in [4.78, 5) is 15.3. The molecule has 0 spiro atoms. The molecule has 0 bridgehead atoms. The summed E-state index contributed by atoms with van der Waals surface area (Å²) in [6.45, 7) is 1.44. The first-order valence-electron chi connectivity index (χ1n) is 6.93. The standard InChI is InChI=1S/C15H19ClN4O/c1-19(2)15(21)20-7-5-13(6-8-20)18-14-9-12(16)4-3-11(14)10-17/h3-4,9,13,18H,5-8H2,1-2H3. The van der Waals surface area contributed by atoms with Crippen LogP contribution < -0.4 is 5.32 Å². The Morgan fingerprint density at radius 1 is 1.43 bits per heavy atom. The number of anilines is 1. The molecule has 2 amide bonds. The number of piperidine rings is 1. The molecule has 5 nitrogen and oxygen atoms in total. The highest BCUT2D eigenvalue weighted by Gasteiger charge is 2.24. The average Bonchev–Trinajstić information content (AvgIpc) is 2.47. The maximum Gasteiger partial charge on any atom is 0.319 e. The van der Waals surface area contributed by atoms with Gasteiger partial charge in [0.25, 0.3) is 0 Å². The van der Waals surface area contributed by atoms with Gasteiger partial charge in [0.2, 0.25) is 0 Å². The third-order valence-electron chi connectivity index (χ3n) is 3.61. The number of benzene rings is 1. The summed E-state index contributed by atoms with van der Waals surface area (Å²) in [6.07, 6.45) is 1.72. The quantitative estimate of drug-likeness (QED) is 0.914. The van der Waals surface area contributed by atoms with Crippen molar-refractivity contribution in [2.45, 2.75) is 18.9 Å². The summed E-state index contributed by atoms with van der Waals surface area (Å²) < 4.78 is 0. The van der Waals surface area contributed by atoms with Gasteiger partial charge in [0.1, 0.15) is 6.07 Å². The summed E-state index contributed by atoms with van der Waals surface area (Å²) in [5, 5.41) is 13.1. The molecule has 0 saturated carbocycles. The molecule has 0 radical (unpaired) electrons. The lowest BCUT2D eigenvalue weighted by molar-refractivity contribution is 0.158. The number of amides is 2. The van der Waals surface area contributed by atoms with E-state index in [0.29, 0.717) is 10.6 Å². The van der Waals surface area contributed by atoms with Gasteiger partial charge in [0, 0.05) is 38.2 Å². The van der Waals surface area contributed by atoms with E-state index >= 15 is 0 Å². The van der Waals surface area contributed by atoms with Gasteiger partial charge in [-0.15, -0.1) is 0 Å². The van der Waals surface area contributed by atoms with E-state index in [9.17, 15) is 4.79 Å². The van der Waals surface area contributed by atoms with E-state index in [1.807, 2.05) is 4.90 Å². The second-order valence-corrected chi connectivity index (χ2v) is 5.82. The maximum absolute atomic E-state index is 11.9. The van der Waals surface area contributed by atoms with E-state index in [1.54, 1.807) is 37.2 Å². The molecule has 112 valence electrons. The molecule has 1 fully saturated rings. The van der Waals surface area contributed by atoms with E-state index < -0.39 is 0 Å². The van der Waals surface area contributed by atoms with E-state index in [-0.39, 0.29) is 12.1 Å². The first-order chi connectivity index (χ1) is 10.0. The van der Waals surface area contributed by atoms with Crippen LogP contribution in [0.25, 0.3) is 0 Å². The summed E-state index contributed by atoms with van der Waals surface area (Å²) in [5.41, 5.74) is 1.36. The molecule has 0 aromatic heterocycles. The fraction of sp³-hybridized carbons (Fsp3) is 0.467. The van der Waals surface area contributed by atoms with Crippen molar-refractivity contribution in [3.8, 4) is 6.07 Å². The van der Waals surface area contributed by atoms with Crippen molar-refractivity contribution < 1.29 is 4.79 Å². The van der Waals surface area contributed by atoms with Crippen molar-refractivity contribution in [3.05, 3.63) is 28.8 Å². The van der Waals surface area contributed by atoms with E-state index in [0.717, 1.165) is 31.6 Å². The van der Waals surface area contributed by atoms with Gasteiger partial charge in [0.05, 0.1) is 11.3 Å². The molecule has 1 aliphatic rings. The van der Waals surface area contributed by atoms with Gasteiger partial charge < -0.3 is 15.1 Å². The van der Waals surface area contributed by atoms with Crippen LogP contribution in [0.2, 0.25) is 5.02 Å². The number of halogens is 1. The highest BCUT2D eigenvalue weighted by atomic mass is 35.5. The molecule has 1 saturated heterocycles. The molecule has 21 heavy (non-hydrogen) atoms. The number of nitrogens with one attached hydrogen (secondary N) is 1. The van der Waals surface area contributed by atoms with Gasteiger partial charge in [-0.1, -0.05) is 11.6 Å². The van der Waals surface area contributed by atoms with Crippen molar-refractivity contribution in [2.75, 3.05) is 32.5 Å². The maximum atomic E-state index is 11.9. The Morgan fingerprint density at radius 2 is 2.10 bits per heavy atom. The minimum Gasteiger partial charge on any atom is -0.381 e. The fourth-order valence-electron chi connectivity index (χ4n) is 2.45. The van der Waals surface area contributed by atoms with Crippen LogP contribution >= 0.6 is 11.6 Å². The van der Waals surface area contributed by atoms with Crippen LogP contribution in [0.1, 0.15) is 18.4 Å². The predicted molar refractivity (Wildman–Crippen MR) is 83.5 cm³/mol. The summed E-state index contributed by atoms with van der Waals surface area (Å²) in [6, 6.07) is 7.67. The van der Waals surface area contributed by atoms with Gasteiger partial charge in [-0.3, -0.25) is 0 Å². The largest absolute Gasteiger partial charge is 0.381 e. The van der Waals surface area contributed by atoms with Crippen molar-refractivity contribution in [3.63, 3.8) is 0 Å². The predicted octanol–water partition coefficient (Wildman–Crippen LogP) is 2.77. The first kappa shape index (κ1) is 15.5. The highest BCUT2D eigenvalue weighted by molar-refractivity contribution is 6.30. The molecule has 1 aliphatic heterocycles. The number of rotatable bonds is 2. The van der Waals surface area contributed by atoms with E-state index in [4.69, 9.17) is 16.9 Å². The van der Waals surface area contributed by atoms with Crippen molar-refractivity contribution in [1.82, 2.24) is 9.80 Å². The molecule has 1 heterocycles. The van der Waals surface area contributed by atoms with E-state index in [1.165, 1.54) is 0 Å². The number of urea groups is 1. The van der Waals surface area contributed by atoms with Gasteiger partial charge in [-0.25, -0.2) is 4.79 Å². The van der Waals surface area contributed by atoms with Crippen LogP contribution in [0.15, 0.2) is 18.2 Å². The third kappa shape index (κ3) is 3.79. The number of carbonyl (C=O) groups is 1. The Hall–Kier alpha value is -1.93. The Balaban J connectivity index is 1.97. The average molecular weight is 307 g/mol. The number of carbonyl (C=O) groups excluding carboxylic acids is 1. The fourth-order valence-corrected chi connectivity index (χ4v) is 2.62. The number of hydrogen-bond donors (Lipinski definition) is 1. The van der Waals surface area contributed by atoms with Crippen LogP contribution in [-0.4, -0.2) is 49.1 Å². The Labute approximate surface area is 130 Å². The van der Waals surface area contributed by atoms with Gasteiger partial charge >= 0.3 is 6.03 Å². The number of nitrogens with zero attached hydrogens (tertiary/aromatic N) is 3. The van der Waals surface area contributed by atoms with E-state index in [2.05, 4.69) is 11.4 Å². The topological polar surface area (TPSA) is 59.4 Å². The molecule has 0 atom stereocenters. The van der Waals surface area contributed by atoms with Crippen LogP contribution in [-0.2, 0) is 0 Å². The minimum atomic E-state index is 0.0499. The molecule has 2 rings (SSSR count). The highest BCUT2D eigenvalue weighted by Crippen LogP contribution is 2.23. The van der Waals surface area contributed by atoms with Crippen LogP contribution in [0.5, 0.6) is 0 Å². The van der Waals surface area contributed by atoms with Gasteiger partial charge in [-0.05, 0) is 31.0 Å². The summed E-state index contributed by atoms with van der Waals surface area (Å²) in [5.74, 6) is 0. The lowest BCUT2D eigenvalue weighted by Gasteiger charge is -2.34. The van der Waals surface area contributed by atoms with Crippen LogP contribution in [0.4, 0.5) is 10.5 Å². The second-order valence-electron chi connectivity index (χ2n) is 5.38. The van der Waals surface area contributed by atoms with Gasteiger partial charge in [0.15, 0.2) is 0 Å². The minimum absolute atomic E-state index is 0.0499. The number of hydrogen-bond acceptors (Lipinski definition) is 3. The lowest BCUT2D eigenvalue weighted by Crippen LogP contribution is -2.46. The molecule has 1 aromatic rings. The smallest absolute Gasteiger partial charge is 0.319 e. The third-order valence-corrected chi connectivity index (χ3v) is 3.84. The lowest BCUT2D eigenvalue weighted by atomic mass is 10.0. The van der Waals surface area contributed by atoms with Crippen LogP contribution in [0.3, 0.4) is 0 Å². The molecule has 1 N–H and O–H groups in total. The SMILES string of the molecule is CN(C)C(=O)N1CCC(Nc2cc(Cl)ccc2C#N)CC1. The van der Waals surface area contributed by atoms with Crippen molar-refractivity contribution in [2.24, 2.45) is 0 Å². The van der Waals surface area contributed by atoms with Crippen molar-refractivity contribution in [1.29, 1.82) is 5.26 Å². The second kappa shape index (κ2) is 6.68. The zero-order valence-electron chi connectivity index (χ0n) is 12.3. The summed E-state index contributed by atoms with van der Waals surface area (Å²) in [7, 11) is 3.52. The van der Waals surface area contributed by atoms with Crippen LogP contribution in [0, 0.1) is 11.3 Å². The molecule has 6 heteroatoms. The zero-order valence-corrected chi connectivity index (χ0v) is 13.0. The van der Waals surface area contributed by atoms with Gasteiger partial charge in [-0.2, -0.15) is 5.26 Å². The Bertz CT molecular complexity index is 559. The molecule has 1 aromatic carbocycles. The normalized spacial score (nSPS) is 15.4. The Morgan fingerprint density at radius 3 is 2.67 bits per heavy atom. The summed E-state index contributed by atoms with van der Waals surface area (Å²) >= 11 is 5.98. The number of likely N-dealkylation sites (tertiary alicyclic amines) is 1. The number of nitriles is 1. The molecular weight excluding hydrogens is 288 g/mol. The molecular formula is C15H19ClN4O. The van der Waals surface area contributed by atoms with Crippen molar-refractivity contribution >= 4 is 23.3 Å².